The van der Waals surface area contributed by atoms with Gasteiger partial charge in [-0.2, -0.15) is 4.31 Å². The van der Waals surface area contributed by atoms with Crippen LogP contribution in [0.2, 0.25) is 0 Å². The average Bonchev–Trinajstić information content (AvgIpc) is 3.80. The molecule has 2 fully saturated rings. The number of carbonyl (C=O) groups is 2. The minimum absolute atomic E-state index is 0.0626. The molecule has 1 saturated carbocycles. The molecule has 0 unspecified atom stereocenters. The van der Waals surface area contributed by atoms with Crippen molar-refractivity contribution in [1.29, 1.82) is 0 Å². The van der Waals surface area contributed by atoms with Gasteiger partial charge in [-0.15, -0.1) is 0 Å². The minimum atomic E-state index is -4.20. The maximum Gasteiger partial charge on any atom is 0.338 e. The Bertz CT molecular complexity index is 1620. The molecule has 0 atom stereocenters. The molecule has 0 amide bonds. The standard InChI is InChI=1S/C22H21F4NO5S.C7H5FO2/c23-17-10-20(15(13-1-2-13)9-16(17)22(28)29)32-11-12-3-5-27(6-4-12)33(30,31)14-7-18(24)21(26)19(25)8-14;8-6-4-2-1-3-5(6)7(9)10/h7-10,12-13H,1-6,11H2,(H,28,29);1-4H,(H,9,10). The fourth-order valence-corrected chi connectivity index (χ4v) is 6.06. The number of rotatable bonds is 8. The normalized spacial score (nSPS) is 15.8. The summed E-state index contributed by atoms with van der Waals surface area (Å²) in [6, 6.07) is 8.56. The molecule has 8 nitrogen and oxygen atoms in total. The number of nitrogens with zero attached hydrogens (tertiary/aromatic N) is 1. The maximum absolute atomic E-state index is 14.1. The molecule has 3 aromatic rings. The van der Waals surface area contributed by atoms with E-state index in [4.69, 9.17) is 14.9 Å². The second-order valence-electron chi connectivity index (χ2n) is 10.1. The van der Waals surface area contributed by atoms with E-state index in [9.17, 15) is 40.0 Å². The number of carboxylic acids is 2. The van der Waals surface area contributed by atoms with Gasteiger partial charge in [0, 0.05) is 19.2 Å². The van der Waals surface area contributed by atoms with Crippen LogP contribution in [0.4, 0.5) is 22.0 Å². The van der Waals surface area contributed by atoms with Crippen LogP contribution in [0.5, 0.6) is 5.75 Å². The van der Waals surface area contributed by atoms with E-state index in [1.165, 1.54) is 24.3 Å². The van der Waals surface area contributed by atoms with Crippen LogP contribution >= 0.6 is 0 Å². The quantitative estimate of drug-likeness (QED) is 0.238. The molecule has 0 aromatic heterocycles. The molecule has 230 valence electrons. The Morgan fingerprint density at radius 1 is 0.791 bits per heavy atom. The summed E-state index contributed by atoms with van der Waals surface area (Å²) in [7, 11) is -4.20. The van der Waals surface area contributed by atoms with Gasteiger partial charge in [0.2, 0.25) is 10.0 Å². The van der Waals surface area contributed by atoms with E-state index in [1.807, 2.05) is 0 Å². The van der Waals surface area contributed by atoms with Gasteiger partial charge >= 0.3 is 11.9 Å². The number of piperidine rings is 1. The summed E-state index contributed by atoms with van der Waals surface area (Å²) in [5.41, 5.74) is -0.0480. The van der Waals surface area contributed by atoms with E-state index < -0.39 is 61.5 Å². The van der Waals surface area contributed by atoms with Crippen LogP contribution in [-0.4, -0.2) is 54.6 Å². The fraction of sp³-hybridized carbons (Fsp3) is 0.310. The first kappa shape index (κ1) is 31.9. The van der Waals surface area contributed by atoms with Crippen molar-refractivity contribution in [2.24, 2.45) is 5.92 Å². The van der Waals surface area contributed by atoms with Crippen molar-refractivity contribution < 1.29 is 54.9 Å². The van der Waals surface area contributed by atoms with Gasteiger partial charge in [0.1, 0.15) is 17.4 Å². The Hall–Kier alpha value is -4.04. The van der Waals surface area contributed by atoms with Crippen LogP contribution in [0.15, 0.2) is 53.4 Å². The molecule has 0 radical (unpaired) electrons. The number of hydrogen-bond acceptors (Lipinski definition) is 5. The molecule has 1 aliphatic carbocycles. The zero-order valence-corrected chi connectivity index (χ0v) is 23.2. The van der Waals surface area contributed by atoms with Crippen LogP contribution in [-0.2, 0) is 10.0 Å². The first-order valence-electron chi connectivity index (χ1n) is 13.1. The summed E-state index contributed by atoms with van der Waals surface area (Å²) in [4.78, 5) is 20.7. The van der Waals surface area contributed by atoms with Crippen molar-refractivity contribution in [3.8, 4) is 5.75 Å². The highest BCUT2D eigenvalue weighted by Crippen LogP contribution is 2.45. The van der Waals surface area contributed by atoms with E-state index in [1.54, 1.807) is 0 Å². The first-order valence-corrected chi connectivity index (χ1v) is 14.6. The molecule has 2 aliphatic rings. The molecule has 1 saturated heterocycles. The third kappa shape index (κ3) is 7.49. The SMILES string of the molecule is O=C(O)c1cc(C2CC2)c(OCC2CCN(S(=O)(=O)c3cc(F)c(F)c(F)c3)CC2)cc1F.O=C(O)c1ccccc1F. The number of carboxylic acid groups (broad SMARTS) is 2. The summed E-state index contributed by atoms with van der Waals surface area (Å²) >= 11 is 0. The predicted molar refractivity (Wildman–Crippen MR) is 142 cm³/mol. The van der Waals surface area contributed by atoms with Crippen molar-refractivity contribution in [2.75, 3.05) is 19.7 Å². The highest BCUT2D eigenvalue weighted by molar-refractivity contribution is 7.89. The second kappa shape index (κ2) is 13.1. The third-order valence-corrected chi connectivity index (χ3v) is 8.97. The highest BCUT2D eigenvalue weighted by atomic mass is 32.2. The number of aromatic carboxylic acids is 2. The fourth-order valence-electron chi connectivity index (χ4n) is 4.56. The van der Waals surface area contributed by atoms with Crippen molar-refractivity contribution >= 4 is 22.0 Å². The van der Waals surface area contributed by atoms with E-state index in [-0.39, 0.29) is 42.8 Å². The lowest BCUT2D eigenvalue weighted by Gasteiger charge is -2.31. The largest absolute Gasteiger partial charge is 0.493 e. The van der Waals surface area contributed by atoms with Crippen molar-refractivity contribution in [2.45, 2.75) is 36.5 Å². The van der Waals surface area contributed by atoms with Gasteiger partial charge < -0.3 is 14.9 Å². The van der Waals surface area contributed by atoms with Gasteiger partial charge in [0.15, 0.2) is 17.5 Å². The Morgan fingerprint density at radius 2 is 1.37 bits per heavy atom. The van der Waals surface area contributed by atoms with Gasteiger partial charge in [-0.05, 0) is 73.4 Å². The molecule has 5 rings (SSSR count). The van der Waals surface area contributed by atoms with Crippen molar-refractivity contribution in [3.63, 3.8) is 0 Å². The van der Waals surface area contributed by atoms with Crippen LogP contribution in [0, 0.1) is 35.0 Å². The molecular weight excluding hydrogens is 601 g/mol. The van der Waals surface area contributed by atoms with E-state index >= 15 is 0 Å². The van der Waals surface area contributed by atoms with Gasteiger partial charge in [0.25, 0.3) is 0 Å². The van der Waals surface area contributed by atoms with Gasteiger partial charge in [-0.3, -0.25) is 0 Å². The molecule has 14 heteroatoms. The van der Waals surface area contributed by atoms with Gasteiger partial charge in [-0.1, -0.05) is 12.1 Å². The minimum Gasteiger partial charge on any atom is -0.493 e. The zero-order valence-electron chi connectivity index (χ0n) is 22.4. The highest BCUT2D eigenvalue weighted by Gasteiger charge is 2.33. The molecular formula is C29H26F5NO7S. The summed E-state index contributed by atoms with van der Waals surface area (Å²) in [6.07, 6.45) is 2.50. The summed E-state index contributed by atoms with van der Waals surface area (Å²) in [5.74, 6) is -8.72. The second-order valence-corrected chi connectivity index (χ2v) is 12.0. The zero-order chi connectivity index (χ0) is 31.5. The number of benzene rings is 3. The monoisotopic (exact) mass is 627 g/mol. The average molecular weight is 628 g/mol. The van der Waals surface area contributed by atoms with Crippen molar-refractivity contribution in [3.05, 3.63) is 94.3 Å². The summed E-state index contributed by atoms with van der Waals surface area (Å²) in [5, 5.41) is 17.5. The van der Waals surface area contributed by atoms with Crippen LogP contribution in [0.1, 0.15) is 57.9 Å². The molecule has 0 bridgehead atoms. The lowest BCUT2D eigenvalue weighted by atomic mass is 9.99. The smallest absolute Gasteiger partial charge is 0.338 e. The molecule has 3 aromatic carbocycles. The Balaban J connectivity index is 0.000000359. The maximum atomic E-state index is 14.1. The lowest BCUT2D eigenvalue weighted by Crippen LogP contribution is -2.39. The first-order chi connectivity index (χ1) is 20.3. The van der Waals surface area contributed by atoms with E-state index in [0.717, 1.165) is 29.3 Å². The Kier molecular flexibility index (Phi) is 9.70. The number of ether oxygens (including phenoxy) is 1. The van der Waals surface area contributed by atoms with E-state index in [0.29, 0.717) is 30.5 Å². The molecule has 1 heterocycles. The number of halogens is 5. The number of sulfonamides is 1. The Morgan fingerprint density at radius 3 is 1.88 bits per heavy atom. The molecule has 43 heavy (non-hydrogen) atoms. The molecule has 2 N–H and O–H groups in total. The van der Waals surface area contributed by atoms with Gasteiger partial charge in [-0.25, -0.2) is 40.0 Å². The molecule has 0 spiro atoms. The number of hydrogen-bond donors (Lipinski definition) is 2. The van der Waals surface area contributed by atoms with Crippen LogP contribution in [0.3, 0.4) is 0 Å². The topological polar surface area (TPSA) is 121 Å². The van der Waals surface area contributed by atoms with Gasteiger partial charge in [0.05, 0.1) is 22.6 Å². The van der Waals surface area contributed by atoms with Crippen LogP contribution in [0.25, 0.3) is 0 Å². The third-order valence-electron chi connectivity index (χ3n) is 7.09. The Labute approximate surface area is 243 Å². The lowest BCUT2D eigenvalue weighted by molar-refractivity contribution is 0.0680. The summed E-state index contributed by atoms with van der Waals surface area (Å²) < 4.78 is 99.0. The van der Waals surface area contributed by atoms with Crippen molar-refractivity contribution in [1.82, 2.24) is 4.31 Å². The summed E-state index contributed by atoms with van der Waals surface area (Å²) in [6.45, 7) is 0.316. The van der Waals surface area contributed by atoms with Crippen LogP contribution < -0.4 is 4.74 Å². The predicted octanol–water partition coefficient (Wildman–Crippen LogP) is 5.82. The molecule has 1 aliphatic heterocycles. The van der Waals surface area contributed by atoms with E-state index in [2.05, 4.69) is 0 Å².